The van der Waals surface area contributed by atoms with E-state index in [1.54, 1.807) is 0 Å². The Morgan fingerprint density at radius 1 is 0.377 bits per heavy atom. The van der Waals surface area contributed by atoms with Crippen molar-refractivity contribution < 1.29 is 0 Å². The molecule has 13 rings (SSSR count). The van der Waals surface area contributed by atoms with E-state index in [4.69, 9.17) is 15.4 Å². The van der Waals surface area contributed by atoms with Crippen LogP contribution in [0.1, 0.15) is 11.3 Å². The maximum atomic E-state index is 10.5. The lowest BCUT2D eigenvalue weighted by Gasteiger charge is -2.13. The molecule has 0 spiro atoms. The molecule has 0 aliphatic heterocycles. The minimum atomic E-state index is 0.484. The van der Waals surface area contributed by atoms with Gasteiger partial charge < -0.3 is 14.5 Å². The number of aromatic nitrogens is 5. The fraction of sp³-hybridized carbons (Fsp3) is 0. The normalized spacial score (nSPS) is 11.5. The number of hydrogen-bond donors (Lipinski definition) is 1. The van der Waals surface area contributed by atoms with Gasteiger partial charge in [-0.25, -0.2) is 9.97 Å². The van der Waals surface area contributed by atoms with Crippen molar-refractivity contribution in [3.63, 3.8) is 0 Å². The molecule has 0 saturated carbocycles. The average molecular weight is 882 g/mol. The summed E-state index contributed by atoms with van der Waals surface area (Å²) >= 11 is 0. The summed E-state index contributed by atoms with van der Waals surface area (Å²) in [6, 6.07) is 80.6. The molecule has 9 aromatic carbocycles. The molecule has 0 radical (unpaired) electrons. The topological polar surface area (TPSA) is 88.2 Å². The molecule has 4 aromatic heterocycles. The molecular weight excluding hydrogens is 843 g/mol. The molecule has 0 aliphatic rings. The van der Waals surface area contributed by atoms with Crippen LogP contribution in [-0.4, -0.2) is 29.9 Å². The van der Waals surface area contributed by atoms with Gasteiger partial charge in [0.05, 0.1) is 44.5 Å². The lowest BCUT2D eigenvalue weighted by molar-refractivity contribution is 1.05. The lowest BCUT2D eigenvalue weighted by Crippen LogP contribution is -2.02. The fourth-order valence-corrected chi connectivity index (χ4v) is 10.3. The maximum absolute atomic E-state index is 10.5. The number of nitrogens with zero attached hydrogens (tertiary/aromatic N) is 6. The van der Waals surface area contributed by atoms with Crippen LogP contribution in [0.25, 0.3) is 117 Å². The molecule has 13 aromatic rings. The van der Waals surface area contributed by atoms with Crippen LogP contribution in [-0.2, 0) is 0 Å². The first-order valence-corrected chi connectivity index (χ1v) is 23.0. The first-order chi connectivity index (χ1) is 34.1. The lowest BCUT2D eigenvalue weighted by atomic mass is 9.97. The third-order valence-corrected chi connectivity index (χ3v) is 13.4. The molecule has 0 atom stereocenters. The molecule has 0 bridgehead atoms. The zero-order valence-electron chi connectivity index (χ0n) is 37.1. The molecule has 322 valence electrons. The highest BCUT2D eigenvalue weighted by Gasteiger charge is 2.21. The summed E-state index contributed by atoms with van der Waals surface area (Å²) in [6.45, 7) is 0. The van der Waals surface area contributed by atoms with Gasteiger partial charge in [-0.2, -0.15) is 5.26 Å². The highest BCUT2D eigenvalue weighted by atomic mass is 15.1. The van der Waals surface area contributed by atoms with Crippen LogP contribution in [0.5, 0.6) is 0 Å². The zero-order valence-corrected chi connectivity index (χ0v) is 37.1. The molecule has 7 heteroatoms. The van der Waals surface area contributed by atoms with Crippen LogP contribution >= 0.6 is 0 Å². The smallest absolute Gasteiger partial charge is 0.162 e. The van der Waals surface area contributed by atoms with Crippen LogP contribution in [0, 0.1) is 16.7 Å². The van der Waals surface area contributed by atoms with Crippen molar-refractivity contribution in [2.24, 2.45) is 0 Å². The third-order valence-electron chi connectivity index (χ3n) is 13.4. The SMILES string of the molecule is N#Cc1c(C=N)n(-c2ccccc2)c2ccc(-n3c4ccccc4c4cc(-c5cccc(-c6ccc7c8ccccc8n(-c8cc(-c9ccccc9)nc(-c9ccccc9)n8)c7c6)c5)ccc43)cc12. The summed E-state index contributed by atoms with van der Waals surface area (Å²) in [7, 11) is 0. The summed E-state index contributed by atoms with van der Waals surface area (Å²) in [6.07, 6.45) is 1.28. The summed E-state index contributed by atoms with van der Waals surface area (Å²) < 4.78 is 6.57. The second kappa shape index (κ2) is 16.1. The largest absolute Gasteiger partial charge is 0.309 e. The molecule has 0 aliphatic carbocycles. The molecule has 7 nitrogen and oxygen atoms in total. The zero-order chi connectivity index (χ0) is 46.0. The predicted molar refractivity (Wildman–Crippen MR) is 282 cm³/mol. The first kappa shape index (κ1) is 39.7. The Balaban J connectivity index is 0.930. The van der Waals surface area contributed by atoms with Crippen LogP contribution in [0.3, 0.4) is 0 Å². The summed E-state index contributed by atoms with van der Waals surface area (Å²) in [4.78, 5) is 10.4. The van der Waals surface area contributed by atoms with Crippen molar-refractivity contribution in [1.82, 2.24) is 23.7 Å². The van der Waals surface area contributed by atoms with Crippen molar-refractivity contribution in [2.45, 2.75) is 0 Å². The maximum Gasteiger partial charge on any atom is 0.162 e. The molecule has 0 unspecified atom stereocenters. The van der Waals surface area contributed by atoms with Gasteiger partial charge in [0.15, 0.2) is 5.82 Å². The van der Waals surface area contributed by atoms with E-state index in [0.29, 0.717) is 17.1 Å². The standard InChI is InChI=1S/C62H39N7/c63-38-53-52-36-47(29-32-58(52)67(60(53)39-64)46-21-8-3-9-22-46)68-55-25-12-11-24-49(55)51-34-44(28-31-57(51)68)42-19-14-20-43(33-42)45-27-30-50-48-23-10-13-26-56(48)69(59(50)35-45)61-37-54(40-15-4-1-5-16-40)65-62(66-61)41-17-6-2-7-18-41/h1-37,39,64H. The number of nitriles is 1. The Kier molecular flexibility index (Phi) is 9.24. The Morgan fingerprint density at radius 2 is 0.928 bits per heavy atom. The molecule has 0 saturated heterocycles. The molecule has 4 heterocycles. The highest BCUT2D eigenvalue weighted by Crippen LogP contribution is 2.40. The minimum absolute atomic E-state index is 0.484. The predicted octanol–water partition coefficient (Wildman–Crippen LogP) is 15.2. The van der Waals surface area contributed by atoms with Crippen molar-refractivity contribution in [3.05, 3.63) is 236 Å². The molecule has 69 heavy (non-hydrogen) atoms. The van der Waals surface area contributed by atoms with E-state index in [2.05, 4.69) is 173 Å². The van der Waals surface area contributed by atoms with Gasteiger partial charge in [-0.15, -0.1) is 0 Å². The Bertz CT molecular complexity index is 4150. The number of benzene rings is 9. The molecule has 0 fully saturated rings. The number of para-hydroxylation sites is 3. The quantitative estimate of drug-likeness (QED) is 0.154. The Labute approximate surface area is 397 Å². The van der Waals surface area contributed by atoms with E-state index in [0.717, 1.165) is 111 Å². The minimum Gasteiger partial charge on any atom is -0.309 e. The van der Waals surface area contributed by atoms with E-state index in [9.17, 15) is 5.26 Å². The Hall–Kier alpha value is -9.64. The van der Waals surface area contributed by atoms with Crippen LogP contribution in [0.15, 0.2) is 224 Å². The van der Waals surface area contributed by atoms with Crippen molar-refractivity contribution >= 4 is 60.7 Å². The van der Waals surface area contributed by atoms with Gasteiger partial charge in [0.25, 0.3) is 0 Å². The van der Waals surface area contributed by atoms with Gasteiger partial charge in [0.2, 0.25) is 0 Å². The molecule has 1 N–H and O–H groups in total. The summed E-state index contributed by atoms with van der Waals surface area (Å²) in [5.74, 6) is 1.48. The monoisotopic (exact) mass is 881 g/mol. The van der Waals surface area contributed by atoms with Gasteiger partial charge in [-0.3, -0.25) is 4.57 Å². The number of rotatable bonds is 8. The van der Waals surface area contributed by atoms with Gasteiger partial charge in [-0.05, 0) is 89.0 Å². The van der Waals surface area contributed by atoms with E-state index in [1.165, 1.54) is 6.21 Å². The first-order valence-electron chi connectivity index (χ1n) is 23.0. The van der Waals surface area contributed by atoms with Gasteiger partial charge >= 0.3 is 0 Å². The van der Waals surface area contributed by atoms with Crippen LogP contribution in [0.2, 0.25) is 0 Å². The summed E-state index contributed by atoms with van der Waals surface area (Å²) in [5, 5.41) is 24.2. The second-order valence-corrected chi connectivity index (χ2v) is 17.3. The second-order valence-electron chi connectivity index (χ2n) is 17.3. The van der Waals surface area contributed by atoms with Gasteiger partial charge in [0, 0.05) is 61.7 Å². The number of hydrogen-bond acceptors (Lipinski definition) is 4. The fourth-order valence-electron chi connectivity index (χ4n) is 10.3. The number of nitrogens with one attached hydrogen (secondary N) is 1. The van der Waals surface area contributed by atoms with Gasteiger partial charge in [0.1, 0.15) is 11.9 Å². The van der Waals surface area contributed by atoms with Gasteiger partial charge in [-0.1, -0.05) is 152 Å². The average Bonchev–Trinajstić information content (AvgIpc) is 4.06. The van der Waals surface area contributed by atoms with E-state index in [-0.39, 0.29) is 0 Å². The highest BCUT2D eigenvalue weighted by molar-refractivity contribution is 6.12. The van der Waals surface area contributed by atoms with Crippen molar-refractivity contribution in [3.8, 4) is 68.2 Å². The molecule has 0 amide bonds. The number of fused-ring (bicyclic) bond motifs is 7. The van der Waals surface area contributed by atoms with Crippen LogP contribution < -0.4 is 0 Å². The van der Waals surface area contributed by atoms with Crippen molar-refractivity contribution in [1.29, 1.82) is 10.7 Å². The van der Waals surface area contributed by atoms with Crippen LogP contribution in [0.4, 0.5) is 0 Å². The van der Waals surface area contributed by atoms with E-state index in [1.807, 2.05) is 71.3 Å². The van der Waals surface area contributed by atoms with Crippen molar-refractivity contribution in [2.75, 3.05) is 0 Å². The van der Waals surface area contributed by atoms with E-state index < -0.39 is 0 Å². The third kappa shape index (κ3) is 6.46. The van der Waals surface area contributed by atoms with E-state index >= 15 is 0 Å². The molecular formula is C62H39N7. The summed E-state index contributed by atoms with van der Waals surface area (Å²) in [5.41, 5.74) is 15.4. The Morgan fingerprint density at radius 3 is 1.65 bits per heavy atom.